The van der Waals surface area contributed by atoms with Crippen molar-refractivity contribution in [3.05, 3.63) is 11.4 Å². The Hall–Kier alpha value is 0.170. The molecule has 0 aliphatic heterocycles. The van der Waals surface area contributed by atoms with Crippen molar-refractivity contribution in [2.24, 2.45) is 0 Å². The van der Waals surface area contributed by atoms with E-state index in [0.29, 0.717) is 6.05 Å². The summed E-state index contributed by atoms with van der Waals surface area (Å²) < 4.78 is 6.89. The van der Waals surface area contributed by atoms with Crippen LogP contribution in [0.25, 0.3) is 0 Å². The van der Waals surface area contributed by atoms with E-state index in [4.69, 9.17) is 1.37 Å². The molecule has 0 saturated heterocycles. The van der Waals surface area contributed by atoms with Crippen LogP contribution in [0.4, 0.5) is 0 Å². The van der Waals surface area contributed by atoms with E-state index in [9.17, 15) is 0 Å². The van der Waals surface area contributed by atoms with Crippen LogP contribution in [-0.4, -0.2) is 0 Å². The lowest BCUT2D eigenvalue weighted by Crippen LogP contribution is -1.43. The van der Waals surface area contributed by atoms with Gasteiger partial charge in [0, 0.05) is 0 Å². The second-order valence-electron chi connectivity index (χ2n) is 0.933. The lowest BCUT2D eigenvalue weighted by molar-refractivity contribution is 1.60. The van der Waals surface area contributed by atoms with Gasteiger partial charge in [-0.25, -0.2) is 0 Å². The summed E-state index contributed by atoms with van der Waals surface area (Å²) in [6.07, 6.45) is 0. The minimum Gasteiger partial charge on any atom is -0.111 e. The molecule has 0 bridgehead atoms. The molecule has 0 fully saturated rings. The molecular formula is C4H9P. The van der Waals surface area contributed by atoms with Crippen LogP contribution in [0.2, 0.25) is 0 Å². The zero-order chi connectivity index (χ0) is 5.15. The predicted molar refractivity (Wildman–Crippen MR) is 29.1 cm³/mol. The highest BCUT2D eigenvalue weighted by molar-refractivity contribution is 7.22. The van der Waals surface area contributed by atoms with Crippen molar-refractivity contribution in [1.82, 2.24) is 0 Å². The van der Waals surface area contributed by atoms with E-state index in [1.54, 1.807) is 6.92 Å². The summed E-state index contributed by atoms with van der Waals surface area (Å²) in [6.45, 7) is 3.66. The first kappa shape index (κ1) is 3.36. The third-order valence-electron chi connectivity index (χ3n) is 0.394. The highest BCUT2D eigenvalue weighted by atomic mass is 31.0. The predicted octanol–water partition coefficient (Wildman–Crippen LogP) is 1.79. The molecule has 1 unspecified atom stereocenters. The Bertz CT molecular complexity index is 57.6. The molecule has 30 valence electrons. The molecule has 0 aliphatic carbocycles. The lowest BCUT2D eigenvalue weighted by atomic mass is 10.6. The normalized spacial score (nSPS) is 17.0. The van der Waals surface area contributed by atoms with Gasteiger partial charge in [-0.05, 0) is 13.8 Å². The fourth-order valence-electron chi connectivity index (χ4n) is 0. The topological polar surface area (TPSA) is 0 Å². The monoisotopic (exact) mass is 90.1 g/mol. The van der Waals surface area contributed by atoms with E-state index in [-0.39, 0.29) is 0 Å². The average Bonchev–Trinajstić information content (AvgIpc) is 1.36. The summed E-state index contributed by atoms with van der Waals surface area (Å²) in [4.78, 5) is 0. The van der Waals surface area contributed by atoms with Crippen LogP contribution in [0.15, 0.2) is 11.4 Å². The van der Waals surface area contributed by atoms with Gasteiger partial charge in [-0.3, -0.25) is 0 Å². The minimum absolute atomic E-state index is 0.639. The van der Waals surface area contributed by atoms with Gasteiger partial charge < -0.3 is 0 Å². The van der Waals surface area contributed by atoms with E-state index in [2.05, 4.69) is 9.24 Å². The smallest absolute Gasteiger partial charge is 0.0576 e. The van der Waals surface area contributed by atoms with Crippen LogP contribution in [0.5, 0.6) is 0 Å². The molecule has 1 atom stereocenters. The molecule has 0 aliphatic rings. The molecule has 0 aromatic heterocycles. The Labute approximate surface area is 36.9 Å². The van der Waals surface area contributed by atoms with Crippen LogP contribution < -0.4 is 0 Å². The molecule has 0 nitrogen and oxygen atoms in total. The molecule has 0 aromatic carbocycles. The first-order chi connectivity index (χ1) is 2.64. The van der Waals surface area contributed by atoms with Crippen LogP contribution in [0, 0.1) is 0 Å². The van der Waals surface area contributed by atoms with Gasteiger partial charge in [0.15, 0.2) is 0 Å². The van der Waals surface area contributed by atoms with Crippen LogP contribution >= 0.6 is 9.24 Å². The van der Waals surface area contributed by atoms with Crippen molar-refractivity contribution in [3.63, 3.8) is 0 Å². The highest BCUT2D eigenvalue weighted by Gasteiger charge is 1.60. The van der Waals surface area contributed by atoms with Gasteiger partial charge in [0.05, 0.1) is 1.37 Å². The summed E-state index contributed by atoms with van der Waals surface area (Å²) >= 11 is 0. The maximum atomic E-state index is 6.89. The molecule has 0 saturated carbocycles. The summed E-state index contributed by atoms with van der Waals surface area (Å²) in [5.74, 6) is 0. The van der Waals surface area contributed by atoms with E-state index in [1.165, 1.54) is 0 Å². The molecule has 0 radical (unpaired) electrons. The standard InChI is InChI=1S/C4H9P/c1-3-4(2)5/h3H,5H2,1-2H3/b4-3-/i3T. The molecule has 0 aromatic rings. The summed E-state index contributed by atoms with van der Waals surface area (Å²) in [5, 5.41) is 1.01. The average molecular weight is 90.1 g/mol. The van der Waals surface area contributed by atoms with E-state index in [1.807, 2.05) is 6.92 Å². The Kier molecular flexibility index (Phi) is 1.62. The van der Waals surface area contributed by atoms with Gasteiger partial charge in [-0.2, -0.15) is 0 Å². The largest absolute Gasteiger partial charge is 0.111 e. The summed E-state index contributed by atoms with van der Waals surface area (Å²) in [7, 11) is 2.47. The molecule has 0 rings (SSSR count). The fourth-order valence-corrected chi connectivity index (χ4v) is 0. The molecule has 0 heterocycles. The van der Waals surface area contributed by atoms with Crippen molar-refractivity contribution < 1.29 is 1.37 Å². The van der Waals surface area contributed by atoms with Crippen LogP contribution in [-0.2, 0) is 0 Å². The zero-order valence-electron chi connectivity index (χ0n) is 4.58. The third-order valence-corrected chi connectivity index (χ3v) is 0.683. The summed E-state index contributed by atoms with van der Waals surface area (Å²) in [6, 6.07) is 0.639. The van der Waals surface area contributed by atoms with Crippen LogP contribution in [0.1, 0.15) is 15.2 Å². The SMILES string of the molecule is [3H]/C(C)=C(\C)P. The van der Waals surface area contributed by atoms with Gasteiger partial charge >= 0.3 is 0 Å². The van der Waals surface area contributed by atoms with Crippen molar-refractivity contribution >= 4 is 9.24 Å². The Morgan fingerprint density at radius 1 is 2.20 bits per heavy atom. The van der Waals surface area contributed by atoms with E-state index in [0.717, 1.165) is 5.31 Å². The van der Waals surface area contributed by atoms with Gasteiger partial charge in [0.25, 0.3) is 0 Å². The van der Waals surface area contributed by atoms with Crippen molar-refractivity contribution in [3.8, 4) is 0 Å². The third kappa shape index (κ3) is 4.17. The van der Waals surface area contributed by atoms with Gasteiger partial charge in [-0.1, -0.05) is 11.4 Å². The number of hydrogen-bond acceptors (Lipinski definition) is 0. The second kappa shape index (κ2) is 2.41. The molecular weight excluding hydrogens is 79.0 g/mol. The number of rotatable bonds is 0. The maximum absolute atomic E-state index is 6.89. The first-order valence-electron chi connectivity index (χ1n) is 2.04. The molecule has 0 amide bonds. The minimum atomic E-state index is 0.639. The Morgan fingerprint density at radius 3 is 2.40 bits per heavy atom. The van der Waals surface area contributed by atoms with Gasteiger partial charge in [-0.15, -0.1) is 9.24 Å². The molecule has 0 N–H and O–H groups in total. The van der Waals surface area contributed by atoms with Crippen molar-refractivity contribution in [2.45, 2.75) is 13.8 Å². The second-order valence-corrected chi connectivity index (χ2v) is 1.80. The van der Waals surface area contributed by atoms with Gasteiger partial charge in [0.2, 0.25) is 0 Å². The Balaban J connectivity index is 3.68. The highest BCUT2D eigenvalue weighted by Crippen LogP contribution is 1.98. The van der Waals surface area contributed by atoms with Crippen molar-refractivity contribution in [1.29, 1.82) is 0 Å². The summed E-state index contributed by atoms with van der Waals surface area (Å²) in [5.41, 5.74) is 0. The molecule has 5 heavy (non-hydrogen) atoms. The quantitative estimate of drug-likeness (QED) is 0.398. The van der Waals surface area contributed by atoms with Gasteiger partial charge in [0.1, 0.15) is 0 Å². The van der Waals surface area contributed by atoms with E-state index >= 15 is 0 Å². The van der Waals surface area contributed by atoms with Crippen LogP contribution in [0.3, 0.4) is 0 Å². The van der Waals surface area contributed by atoms with Crippen molar-refractivity contribution in [2.75, 3.05) is 0 Å². The lowest BCUT2D eigenvalue weighted by Gasteiger charge is -1.74. The number of hydrogen-bond donors (Lipinski definition) is 0. The maximum Gasteiger partial charge on any atom is 0.0576 e. The number of allylic oxidation sites excluding steroid dienone is 2. The Morgan fingerprint density at radius 2 is 2.40 bits per heavy atom. The molecule has 1 heteroatoms. The zero-order valence-corrected chi connectivity index (χ0v) is 4.73. The van der Waals surface area contributed by atoms with E-state index < -0.39 is 0 Å². The fraction of sp³-hybridized carbons (Fsp3) is 0.500. The first-order valence-corrected chi connectivity index (χ1v) is 2.12. The molecule has 0 spiro atoms.